The smallest absolute Gasteiger partial charge is 0.416 e. The number of carbonyl (C=O) groups is 1. The zero-order chi connectivity index (χ0) is 14.0. The highest BCUT2D eigenvalue weighted by Gasteiger charge is 2.32. The average Bonchev–Trinajstić information content (AvgIpc) is 2.24. The average molecular weight is 272 g/mol. The molecule has 0 amide bonds. The summed E-state index contributed by atoms with van der Waals surface area (Å²) < 4.78 is 37.4. The molecule has 1 fully saturated rings. The summed E-state index contributed by atoms with van der Waals surface area (Å²) in [5, 5.41) is 8.92. The lowest BCUT2D eigenvalue weighted by Crippen LogP contribution is -2.22. The Hall–Kier alpha value is -1.52. The molecular weight excluding hydrogens is 257 g/mol. The first-order valence-corrected chi connectivity index (χ1v) is 6.27. The van der Waals surface area contributed by atoms with Gasteiger partial charge < -0.3 is 5.11 Å². The highest BCUT2D eigenvalue weighted by atomic mass is 19.4. The van der Waals surface area contributed by atoms with Gasteiger partial charge in [0.2, 0.25) is 0 Å². The molecular formula is C14H15F3O2. The summed E-state index contributed by atoms with van der Waals surface area (Å²) >= 11 is 0. The quantitative estimate of drug-likeness (QED) is 0.897. The summed E-state index contributed by atoms with van der Waals surface area (Å²) in [6.45, 7) is 0. The number of hydrogen-bond donors (Lipinski definition) is 1. The van der Waals surface area contributed by atoms with Gasteiger partial charge in [-0.3, -0.25) is 4.79 Å². The molecule has 2 rings (SSSR count). The first kappa shape index (κ1) is 13.9. The first-order valence-electron chi connectivity index (χ1n) is 6.27. The summed E-state index contributed by atoms with van der Waals surface area (Å²) in [7, 11) is 0. The van der Waals surface area contributed by atoms with Crippen LogP contribution in [0.4, 0.5) is 13.2 Å². The molecule has 1 aromatic rings. The van der Waals surface area contributed by atoms with E-state index in [4.69, 9.17) is 5.11 Å². The summed E-state index contributed by atoms with van der Waals surface area (Å²) in [4.78, 5) is 10.9. The molecule has 1 N–H and O–H groups in total. The third-order valence-electron chi connectivity index (χ3n) is 3.78. The molecule has 0 aliphatic heterocycles. The van der Waals surface area contributed by atoms with E-state index in [2.05, 4.69) is 0 Å². The van der Waals surface area contributed by atoms with Gasteiger partial charge in [-0.1, -0.05) is 18.6 Å². The number of aliphatic carboxylic acids is 1. The molecule has 0 spiro atoms. The Morgan fingerprint density at radius 1 is 1.26 bits per heavy atom. The molecule has 0 radical (unpaired) electrons. The third kappa shape index (κ3) is 3.28. The number of halogens is 3. The normalized spacial score (nSPS) is 17.8. The van der Waals surface area contributed by atoms with E-state index < -0.39 is 17.7 Å². The number of carboxylic acids is 1. The van der Waals surface area contributed by atoms with Crippen LogP contribution in [0.3, 0.4) is 0 Å². The highest BCUT2D eigenvalue weighted by molar-refractivity contribution is 5.68. The Morgan fingerprint density at radius 2 is 1.84 bits per heavy atom. The Bertz CT molecular complexity index is 447. The molecule has 104 valence electrons. The van der Waals surface area contributed by atoms with Gasteiger partial charge in [-0.25, -0.2) is 0 Å². The minimum Gasteiger partial charge on any atom is -0.481 e. The van der Waals surface area contributed by atoms with Crippen molar-refractivity contribution >= 4 is 5.97 Å². The maximum atomic E-state index is 12.5. The Kier molecular flexibility index (Phi) is 3.83. The van der Waals surface area contributed by atoms with Crippen LogP contribution in [-0.4, -0.2) is 11.1 Å². The van der Waals surface area contributed by atoms with Crippen LogP contribution in [0.2, 0.25) is 0 Å². The van der Waals surface area contributed by atoms with Gasteiger partial charge in [0.05, 0.1) is 12.0 Å². The Labute approximate surface area is 109 Å². The summed E-state index contributed by atoms with van der Waals surface area (Å²) in [6.07, 6.45) is -1.38. The van der Waals surface area contributed by atoms with Crippen molar-refractivity contribution in [1.82, 2.24) is 0 Å². The van der Waals surface area contributed by atoms with E-state index in [9.17, 15) is 18.0 Å². The van der Waals surface area contributed by atoms with Gasteiger partial charge in [0.1, 0.15) is 0 Å². The molecule has 1 saturated carbocycles. The van der Waals surface area contributed by atoms with E-state index in [1.807, 2.05) is 0 Å². The van der Waals surface area contributed by atoms with Gasteiger partial charge >= 0.3 is 12.1 Å². The number of alkyl halides is 3. The predicted molar refractivity (Wildman–Crippen MR) is 63.8 cm³/mol. The number of carboxylic acid groups (broad SMARTS) is 1. The van der Waals surface area contributed by atoms with Gasteiger partial charge in [-0.15, -0.1) is 0 Å². The lowest BCUT2D eigenvalue weighted by molar-refractivity contribution is -0.139. The molecule has 19 heavy (non-hydrogen) atoms. The molecule has 0 heterocycles. The lowest BCUT2D eigenvalue weighted by Gasteiger charge is -2.33. The Morgan fingerprint density at radius 3 is 2.21 bits per heavy atom. The molecule has 1 aliphatic carbocycles. The summed E-state index contributed by atoms with van der Waals surface area (Å²) in [6, 6.07) is 4.88. The molecule has 0 bridgehead atoms. The maximum Gasteiger partial charge on any atom is 0.416 e. The molecule has 1 aliphatic rings. The van der Waals surface area contributed by atoms with E-state index in [1.54, 1.807) is 0 Å². The molecule has 0 aromatic heterocycles. The van der Waals surface area contributed by atoms with E-state index in [-0.39, 0.29) is 18.3 Å². The third-order valence-corrected chi connectivity index (χ3v) is 3.78. The van der Waals surface area contributed by atoms with Crippen molar-refractivity contribution in [1.29, 1.82) is 0 Å². The fourth-order valence-corrected chi connectivity index (χ4v) is 2.51. The van der Waals surface area contributed by atoms with Crippen LogP contribution in [0.25, 0.3) is 0 Å². The Balaban J connectivity index is 2.19. The van der Waals surface area contributed by atoms with Crippen molar-refractivity contribution in [2.24, 2.45) is 5.92 Å². The number of hydrogen-bond acceptors (Lipinski definition) is 1. The minimum atomic E-state index is -4.35. The van der Waals surface area contributed by atoms with Crippen molar-refractivity contribution < 1.29 is 23.1 Å². The standard InChI is InChI=1S/C14H15F3O2/c15-14(16,17)11-6-4-10(5-7-11)12(8-13(18)19)9-2-1-3-9/h4-7,9,12H,1-3,8H2,(H,18,19). The number of rotatable bonds is 4. The van der Waals surface area contributed by atoms with Crippen LogP contribution in [0.15, 0.2) is 24.3 Å². The monoisotopic (exact) mass is 272 g/mol. The van der Waals surface area contributed by atoms with Crippen LogP contribution in [-0.2, 0) is 11.0 Å². The van der Waals surface area contributed by atoms with E-state index in [0.29, 0.717) is 5.56 Å². The van der Waals surface area contributed by atoms with E-state index in [1.165, 1.54) is 12.1 Å². The molecule has 1 unspecified atom stereocenters. The van der Waals surface area contributed by atoms with E-state index >= 15 is 0 Å². The molecule has 1 aromatic carbocycles. The minimum absolute atomic E-state index is 0.0178. The SMILES string of the molecule is O=C(O)CC(c1ccc(C(F)(F)F)cc1)C1CCC1. The van der Waals surface area contributed by atoms with Crippen LogP contribution in [0, 0.1) is 5.92 Å². The fourth-order valence-electron chi connectivity index (χ4n) is 2.51. The molecule has 0 saturated heterocycles. The van der Waals surface area contributed by atoms with Crippen molar-refractivity contribution in [2.75, 3.05) is 0 Å². The van der Waals surface area contributed by atoms with Gasteiger partial charge in [-0.2, -0.15) is 13.2 Å². The van der Waals surface area contributed by atoms with Crippen LogP contribution < -0.4 is 0 Å². The van der Waals surface area contributed by atoms with Gasteiger partial charge in [0.15, 0.2) is 0 Å². The first-order chi connectivity index (χ1) is 8.88. The molecule has 2 nitrogen and oxygen atoms in total. The van der Waals surface area contributed by atoms with Crippen LogP contribution >= 0.6 is 0 Å². The van der Waals surface area contributed by atoms with Gasteiger partial charge in [0, 0.05) is 0 Å². The van der Waals surface area contributed by atoms with Crippen LogP contribution in [0.1, 0.15) is 42.7 Å². The van der Waals surface area contributed by atoms with Gasteiger partial charge in [-0.05, 0) is 42.4 Å². The zero-order valence-electron chi connectivity index (χ0n) is 10.3. The highest BCUT2D eigenvalue weighted by Crippen LogP contribution is 2.41. The summed E-state index contributed by atoms with van der Waals surface area (Å²) in [5.41, 5.74) is -0.000894. The predicted octanol–water partition coefficient (Wildman–Crippen LogP) is 4.06. The van der Waals surface area contributed by atoms with Crippen LogP contribution in [0.5, 0.6) is 0 Å². The zero-order valence-corrected chi connectivity index (χ0v) is 10.3. The largest absolute Gasteiger partial charge is 0.481 e. The lowest BCUT2D eigenvalue weighted by atomic mass is 9.71. The van der Waals surface area contributed by atoms with Crippen molar-refractivity contribution in [3.63, 3.8) is 0 Å². The number of benzene rings is 1. The summed E-state index contributed by atoms with van der Waals surface area (Å²) in [5.74, 6) is -0.793. The van der Waals surface area contributed by atoms with Crippen molar-refractivity contribution in [2.45, 2.75) is 37.8 Å². The second kappa shape index (κ2) is 5.23. The topological polar surface area (TPSA) is 37.3 Å². The maximum absolute atomic E-state index is 12.5. The van der Waals surface area contributed by atoms with Crippen molar-refractivity contribution in [3.8, 4) is 0 Å². The second-order valence-electron chi connectivity index (χ2n) is 5.02. The molecule has 1 atom stereocenters. The van der Waals surface area contributed by atoms with E-state index in [0.717, 1.165) is 31.4 Å². The molecule has 5 heteroatoms. The fraction of sp³-hybridized carbons (Fsp3) is 0.500. The van der Waals surface area contributed by atoms with Crippen molar-refractivity contribution in [3.05, 3.63) is 35.4 Å². The second-order valence-corrected chi connectivity index (χ2v) is 5.02. The van der Waals surface area contributed by atoms with Gasteiger partial charge in [0.25, 0.3) is 0 Å².